The van der Waals surface area contributed by atoms with Crippen LogP contribution in [0.2, 0.25) is 0 Å². The van der Waals surface area contributed by atoms with E-state index < -0.39 is 6.04 Å². The van der Waals surface area contributed by atoms with Gasteiger partial charge in [-0.25, -0.2) is 4.68 Å². The lowest BCUT2D eigenvalue weighted by Crippen LogP contribution is -2.48. The molecule has 1 aliphatic heterocycles. The molecule has 1 fully saturated rings. The first-order valence-electron chi connectivity index (χ1n) is 12.6. The van der Waals surface area contributed by atoms with E-state index in [2.05, 4.69) is 29.5 Å². The Morgan fingerprint density at radius 3 is 2.67 bits per heavy atom. The highest BCUT2D eigenvalue weighted by Gasteiger charge is 2.34. The number of carbonyl (C=O) groups excluding carboxylic acids is 2. The molecule has 1 aliphatic rings. The third-order valence-corrected chi connectivity index (χ3v) is 6.46. The maximum absolute atomic E-state index is 13.8. The molecule has 2 atom stereocenters. The van der Waals surface area contributed by atoms with Crippen molar-refractivity contribution in [2.75, 3.05) is 26.8 Å². The second-order valence-electron chi connectivity index (χ2n) is 9.57. The first kappa shape index (κ1) is 25.6. The van der Waals surface area contributed by atoms with Gasteiger partial charge in [0, 0.05) is 19.7 Å². The van der Waals surface area contributed by atoms with Crippen LogP contribution in [-0.4, -0.2) is 64.6 Å². The predicted molar refractivity (Wildman–Crippen MR) is 136 cm³/mol. The van der Waals surface area contributed by atoms with Gasteiger partial charge >= 0.3 is 0 Å². The fourth-order valence-electron chi connectivity index (χ4n) is 4.45. The molecule has 2 unspecified atom stereocenters. The number of nitrogens with one attached hydrogen (secondary N) is 1. The molecule has 1 saturated heterocycles. The summed E-state index contributed by atoms with van der Waals surface area (Å²) < 4.78 is 12.8. The van der Waals surface area contributed by atoms with Gasteiger partial charge in [-0.15, -0.1) is 5.10 Å². The summed E-state index contributed by atoms with van der Waals surface area (Å²) in [4.78, 5) is 29.1. The highest BCUT2D eigenvalue weighted by Crippen LogP contribution is 2.27. The molecule has 3 aromatic rings. The van der Waals surface area contributed by atoms with E-state index in [1.807, 2.05) is 48.5 Å². The summed E-state index contributed by atoms with van der Waals surface area (Å²) in [5.41, 5.74) is 2.20. The molecule has 0 radical (unpaired) electrons. The fraction of sp³-hybridized carbons (Fsp3) is 0.481. The first-order valence-corrected chi connectivity index (χ1v) is 12.6. The Kier molecular flexibility index (Phi) is 8.53. The van der Waals surface area contributed by atoms with Crippen LogP contribution in [0.4, 0.5) is 0 Å². The number of nitrogens with zero attached hydrogens (tertiary/aromatic N) is 4. The quantitative estimate of drug-likeness (QED) is 0.440. The molecule has 9 heteroatoms. The minimum absolute atomic E-state index is 0.0286. The van der Waals surface area contributed by atoms with Gasteiger partial charge in [-0.1, -0.05) is 43.3 Å². The fourth-order valence-corrected chi connectivity index (χ4v) is 4.45. The van der Waals surface area contributed by atoms with Crippen molar-refractivity contribution in [3.63, 3.8) is 0 Å². The number of carbonyl (C=O) groups is 2. The van der Waals surface area contributed by atoms with E-state index in [1.165, 1.54) is 0 Å². The minimum Gasteiger partial charge on any atom is -0.497 e. The van der Waals surface area contributed by atoms with E-state index in [0.29, 0.717) is 42.4 Å². The van der Waals surface area contributed by atoms with Crippen LogP contribution in [0.25, 0.3) is 11.0 Å². The van der Waals surface area contributed by atoms with Crippen molar-refractivity contribution < 1.29 is 19.1 Å². The summed E-state index contributed by atoms with van der Waals surface area (Å²) in [6.45, 7) is 5.72. The van der Waals surface area contributed by atoms with Crippen molar-refractivity contribution in [2.24, 2.45) is 5.92 Å². The number of aromatic nitrogens is 3. The summed E-state index contributed by atoms with van der Waals surface area (Å²) >= 11 is 0. The molecular formula is C27H35N5O4. The molecule has 0 aliphatic carbocycles. The van der Waals surface area contributed by atoms with E-state index in [9.17, 15) is 9.59 Å². The molecular weight excluding hydrogens is 458 g/mol. The summed E-state index contributed by atoms with van der Waals surface area (Å²) in [5.74, 6) is 0.704. The number of hydrogen-bond donors (Lipinski definition) is 1. The monoisotopic (exact) mass is 493 g/mol. The molecule has 2 heterocycles. The summed E-state index contributed by atoms with van der Waals surface area (Å²) in [6, 6.07) is 14.0. The molecule has 2 aromatic carbocycles. The number of ether oxygens (including phenoxy) is 2. The lowest BCUT2D eigenvalue weighted by atomic mass is 10.0. The van der Waals surface area contributed by atoms with Crippen molar-refractivity contribution >= 4 is 22.8 Å². The normalized spacial score (nSPS) is 16.3. The van der Waals surface area contributed by atoms with E-state index >= 15 is 0 Å². The number of fused-ring (bicyclic) bond motifs is 1. The van der Waals surface area contributed by atoms with Crippen LogP contribution >= 0.6 is 0 Å². The first-order chi connectivity index (χ1) is 17.5. The molecule has 0 saturated carbocycles. The molecule has 1 N–H and O–H groups in total. The summed E-state index contributed by atoms with van der Waals surface area (Å²) in [6.07, 6.45) is 2.52. The van der Waals surface area contributed by atoms with E-state index in [-0.39, 0.29) is 24.5 Å². The van der Waals surface area contributed by atoms with Gasteiger partial charge in [-0.3, -0.25) is 9.59 Å². The topological polar surface area (TPSA) is 98.6 Å². The van der Waals surface area contributed by atoms with Gasteiger partial charge in [-0.05, 0) is 55.0 Å². The number of hydrogen-bond acceptors (Lipinski definition) is 6. The zero-order chi connectivity index (χ0) is 25.5. The van der Waals surface area contributed by atoms with Gasteiger partial charge in [0.05, 0.1) is 18.7 Å². The Morgan fingerprint density at radius 1 is 1.19 bits per heavy atom. The lowest BCUT2D eigenvalue weighted by molar-refractivity contribution is -0.143. The highest BCUT2D eigenvalue weighted by atomic mass is 16.5. The number of benzene rings is 2. The molecule has 0 spiro atoms. The SMILES string of the molecule is COc1ccc(C(C(=O)NCCC(C)C)N(CC2CCCO2)C(=O)Cn2nnc3ccccc32)cc1. The number of amides is 2. The van der Waals surface area contributed by atoms with Crippen LogP contribution in [0.1, 0.15) is 44.7 Å². The molecule has 9 nitrogen and oxygen atoms in total. The highest BCUT2D eigenvalue weighted by molar-refractivity contribution is 5.89. The maximum Gasteiger partial charge on any atom is 0.247 e. The molecule has 2 amide bonds. The van der Waals surface area contributed by atoms with Crippen molar-refractivity contribution in [3.8, 4) is 5.75 Å². The zero-order valence-electron chi connectivity index (χ0n) is 21.2. The van der Waals surface area contributed by atoms with E-state index in [1.54, 1.807) is 16.7 Å². The average molecular weight is 494 g/mol. The summed E-state index contributed by atoms with van der Waals surface area (Å²) in [5, 5.41) is 11.4. The van der Waals surface area contributed by atoms with Gasteiger partial charge < -0.3 is 19.7 Å². The Balaban J connectivity index is 1.66. The van der Waals surface area contributed by atoms with Gasteiger partial charge in [0.2, 0.25) is 11.8 Å². The average Bonchev–Trinajstić information content (AvgIpc) is 3.54. The predicted octanol–water partition coefficient (Wildman–Crippen LogP) is 3.35. The summed E-state index contributed by atoms with van der Waals surface area (Å²) in [7, 11) is 1.60. The Hall–Kier alpha value is -3.46. The van der Waals surface area contributed by atoms with E-state index in [0.717, 1.165) is 24.8 Å². The molecule has 1 aromatic heterocycles. The molecule has 36 heavy (non-hydrogen) atoms. The van der Waals surface area contributed by atoms with E-state index in [4.69, 9.17) is 9.47 Å². The second kappa shape index (κ2) is 12.0. The van der Waals surface area contributed by atoms with Gasteiger partial charge in [0.1, 0.15) is 23.9 Å². The van der Waals surface area contributed by atoms with Crippen LogP contribution in [-0.2, 0) is 20.9 Å². The van der Waals surface area contributed by atoms with Crippen LogP contribution < -0.4 is 10.1 Å². The Labute approximate surface area is 211 Å². The largest absolute Gasteiger partial charge is 0.497 e. The smallest absolute Gasteiger partial charge is 0.247 e. The second-order valence-corrected chi connectivity index (χ2v) is 9.57. The van der Waals surface area contributed by atoms with Gasteiger partial charge in [0.15, 0.2) is 0 Å². The number of methoxy groups -OCH3 is 1. The minimum atomic E-state index is -0.811. The zero-order valence-corrected chi connectivity index (χ0v) is 21.2. The van der Waals surface area contributed by atoms with Crippen molar-refractivity contribution in [1.29, 1.82) is 0 Å². The standard InChI is InChI=1S/C27H35N5O4/c1-19(2)14-15-28-27(34)26(20-10-12-21(35-3)13-11-20)31(17-22-7-6-16-36-22)25(33)18-32-24-9-5-4-8-23(24)29-30-32/h4-5,8-13,19,22,26H,6-7,14-18H2,1-3H3,(H,28,34). The maximum atomic E-state index is 13.8. The van der Waals surface area contributed by atoms with Gasteiger partial charge in [-0.2, -0.15) is 0 Å². The van der Waals surface area contributed by atoms with Crippen LogP contribution in [0.5, 0.6) is 5.75 Å². The van der Waals surface area contributed by atoms with Crippen LogP contribution in [0.3, 0.4) is 0 Å². The third-order valence-electron chi connectivity index (χ3n) is 6.46. The molecule has 0 bridgehead atoms. The Bertz CT molecular complexity index is 1150. The van der Waals surface area contributed by atoms with Crippen molar-refractivity contribution in [2.45, 2.75) is 51.8 Å². The van der Waals surface area contributed by atoms with Crippen LogP contribution in [0.15, 0.2) is 48.5 Å². The third kappa shape index (κ3) is 6.20. The lowest BCUT2D eigenvalue weighted by Gasteiger charge is -2.33. The molecule has 192 valence electrons. The molecule has 4 rings (SSSR count). The Morgan fingerprint density at radius 2 is 1.97 bits per heavy atom. The van der Waals surface area contributed by atoms with Crippen LogP contribution in [0, 0.1) is 5.92 Å². The van der Waals surface area contributed by atoms with Crippen molar-refractivity contribution in [1.82, 2.24) is 25.2 Å². The van der Waals surface area contributed by atoms with Crippen molar-refractivity contribution in [3.05, 3.63) is 54.1 Å². The van der Waals surface area contributed by atoms with Gasteiger partial charge in [0.25, 0.3) is 0 Å². The number of rotatable bonds is 11. The number of para-hydroxylation sites is 1.